The molecule has 0 heterocycles. The Morgan fingerprint density at radius 3 is 2.69 bits per heavy atom. The Balaban J connectivity index is 1.95. The Morgan fingerprint density at radius 2 is 2.00 bits per heavy atom. The van der Waals surface area contributed by atoms with Gasteiger partial charge in [-0.15, -0.1) is 0 Å². The third kappa shape index (κ3) is 1.45. The van der Waals surface area contributed by atoms with Gasteiger partial charge in [-0.2, -0.15) is 0 Å². The number of hydrogen-bond acceptors (Lipinski definition) is 1. The molecule has 2 aliphatic rings. The molecule has 0 amide bonds. The smallest absolute Gasteiger partial charge is 0.0384 e. The quantitative estimate of drug-likeness (QED) is 0.749. The number of rotatable bonds is 2. The SMILES string of the molecule is C[C@H](c1ccc2c(c1N)CCC2)C1CCC1. The molecule has 0 spiro atoms. The molecule has 1 nitrogen and oxygen atoms in total. The van der Waals surface area contributed by atoms with Crippen molar-refractivity contribution in [3.05, 3.63) is 28.8 Å². The Bertz CT molecular complexity index is 404. The highest BCUT2D eigenvalue weighted by atomic mass is 14.6. The first-order valence-electron chi connectivity index (χ1n) is 6.67. The molecular weight excluding hydrogens is 194 g/mol. The van der Waals surface area contributed by atoms with Crippen LogP contribution in [0, 0.1) is 5.92 Å². The van der Waals surface area contributed by atoms with Crippen LogP contribution in [0.1, 0.15) is 55.2 Å². The summed E-state index contributed by atoms with van der Waals surface area (Å²) >= 11 is 0. The van der Waals surface area contributed by atoms with Gasteiger partial charge in [-0.3, -0.25) is 0 Å². The highest BCUT2D eigenvalue weighted by molar-refractivity contribution is 5.60. The molecule has 2 aliphatic carbocycles. The molecule has 1 saturated carbocycles. The fourth-order valence-electron chi connectivity index (χ4n) is 3.30. The number of hydrogen-bond donors (Lipinski definition) is 1. The molecule has 0 radical (unpaired) electrons. The first kappa shape index (κ1) is 10.2. The maximum Gasteiger partial charge on any atom is 0.0384 e. The topological polar surface area (TPSA) is 26.0 Å². The summed E-state index contributed by atoms with van der Waals surface area (Å²) in [5, 5.41) is 0. The van der Waals surface area contributed by atoms with Gasteiger partial charge in [-0.05, 0) is 60.6 Å². The van der Waals surface area contributed by atoms with E-state index < -0.39 is 0 Å². The van der Waals surface area contributed by atoms with Crippen molar-refractivity contribution in [2.45, 2.75) is 51.4 Å². The van der Waals surface area contributed by atoms with Crippen molar-refractivity contribution in [3.63, 3.8) is 0 Å². The summed E-state index contributed by atoms with van der Waals surface area (Å²) in [4.78, 5) is 0. The molecular formula is C15H21N. The Hall–Kier alpha value is -0.980. The zero-order valence-corrected chi connectivity index (χ0v) is 10.1. The molecule has 0 aliphatic heterocycles. The molecule has 1 atom stereocenters. The molecule has 0 saturated heterocycles. The molecule has 2 N–H and O–H groups in total. The molecule has 0 aromatic heterocycles. The van der Waals surface area contributed by atoms with Gasteiger partial charge < -0.3 is 5.73 Å². The van der Waals surface area contributed by atoms with Gasteiger partial charge in [0.15, 0.2) is 0 Å². The first-order chi connectivity index (χ1) is 7.77. The highest BCUT2D eigenvalue weighted by Crippen LogP contribution is 2.42. The Kier molecular flexibility index (Phi) is 2.42. The van der Waals surface area contributed by atoms with Crippen LogP contribution in [-0.4, -0.2) is 0 Å². The second-order valence-corrected chi connectivity index (χ2v) is 5.54. The van der Waals surface area contributed by atoms with Gasteiger partial charge in [0, 0.05) is 5.69 Å². The number of aryl methyl sites for hydroxylation is 1. The van der Waals surface area contributed by atoms with E-state index >= 15 is 0 Å². The predicted octanol–water partition coefficient (Wildman–Crippen LogP) is 3.66. The van der Waals surface area contributed by atoms with Crippen LogP contribution in [0.5, 0.6) is 0 Å². The maximum atomic E-state index is 6.35. The van der Waals surface area contributed by atoms with Gasteiger partial charge in [0.25, 0.3) is 0 Å². The van der Waals surface area contributed by atoms with E-state index in [9.17, 15) is 0 Å². The van der Waals surface area contributed by atoms with Crippen LogP contribution in [0.2, 0.25) is 0 Å². The van der Waals surface area contributed by atoms with Crippen molar-refractivity contribution in [2.24, 2.45) is 5.92 Å². The summed E-state index contributed by atoms with van der Waals surface area (Å²) in [6.45, 7) is 2.36. The maximum absolute atomic E-state index is 6.35. The predicted molar refractivity (Wildman–Crippen MR) is 68.6 cm³/mol. The van der Waals surface area contributed by atoms with E-state index in [0.29, 0.717) is 5.92 Å². The van der Waals surface area contributed by atoms with Crippen LogP contribution in [0.3, 0.4) is 0 Å². The van der Waals surface area contributed by atoms with Crippen LogP contribution in [0.15, 0.2) is 12.1 Å². The van der Waals surface area contributed by atoms with Crippen LogP contribution in [0.25, 0.3) is 0 Å². The number of benzene rings is 1. The normalized spacial score (nSPS) is 21.6. The summed E-state index contributed by atoms with van der Waals surface area (Å²) in [6.07, 6.45) is 7.94. The third-order valence-electron chi connectivity index (χ3n) is 4.71. The van der Waals surface area contributed by atoms with E-state index in [1.807, 2.05) is 0 Å². The number of fused-ring (bicyclic) bond motifs is 1. The molecule has 0 bridgehead atoms. The van der Waals surface area contributed by atoms with Crippen molar-refractivity contribution >= 4 is 5.69 Å². The summed E-state index contributed by atoms with van der Waals surface area (Å²) in [6, 6.07) is 4.62. The van der Waals surface area contributed by atoms with E-state index in [0.717, 1.165) is 11.6 Å². The van der Waals surface area contributed by atoms with E-state index in [-0.39, 0.29) is 0 Å². The monoisotopic (exact) mass is 215 g/mol. The van der Waals surface area contributed by atoms with E-state index in [2.05, 4.69) is 19.1 Å². The van der Waals surface area contributed by atoms with E-state index in [1.165, 1.54) is 55.2 Å². The minimum absolute atomic E-state index is 0.666. The lowest BCUT2D eigenvalue weighted by Gasteiger charge is -2.32. The van der Waals surface area contributed by atoms with Gasteiger partial charge in [-0.1, -0.05) is 25.5 Å². The lowest BCUT2D eigenvalue weighted by molar-refractivity contribution is 0.272. The van der Waals surface area contributed by atoms with Gasteiger partial charge in [0.2, 0.25) is 0 Å². The number of nitrogens with two attached hydrogens (primary N) is 1. The van der Waals surface area contributed by atoms with Crippen LogP contribution in [-0.2, 0) is 12.8 Å². The largest absolute Gasteiger partial charge is 0.398 e. The zero-order chi connectivity index (χ0) is 11.1. The lowest BCUT2D eigenvalue weighted by atomic mass is 9.73. The summed E-state index contributed by atoms with van der Waals surface area (Å²) in [5.41, 5.74) is 11.9. The minimum atomic E-state index is 0.666. The molecule has 1 aromatic rings. The molecule has 16 heavy (non-hydrogen) atoms. The summed E-state index contributed by atoms with van der Waals surface area (Å²) < 4.78 is 0. The van der Waals surface area contributed by atoms with Gasteiger partial charge in [0.1, 0.15) is 0 Å². The van der Waals surface area contributed by atoms with Crippen molar-refractivity contribution in [3.8, 4) is 0 Å². The summed E-state index contributed by atoms with van der Waals surface area (Å²) in [7, 11) is 0. The highest BCUT2D eigenvalue weighted by Gasteiger charge is 2.27. The fraction of sp³-hybridized carbons (Fsp3) is 0.600. The average Bonchev–Trinajstić information content (AvgIpc) is 2.63. The van der Waals surface area contributed by atoms with Gasteiger partial charge in [-0.25, -0.2) is 0 Å². The van der Waals surface area contributed by atoms with Crippen LogP contribution >= 0.6 is 0 Å². The van der Waals surface area contributed by atoms with Crippen molar-refractivity contribution in [1.82, 2.24) is 0 Å². The minimum Gasteiger partial charge on any atom is -0.398 e. The van der Waals surface area contributed by atoms with Crippen molar-refractivity contribution in [2.75, 3.05) is 5.73 Å². The molecule has 3 rings (SSSR count). The molecule has 0 unspecified atom stereocenters. The van der Waals surface area contributed by atoms with Gasteiger partial charge >= 0.3 is 0 Å². The van der Waals surface area contributed by atoms with Crippen LogP contribution < -0.4 is 5.73 Å². The number of anilines is 1. The second-order valence-electron chi connectivity index (χ2n) is 5.54. The summed E-state index contributed by atoms with van der Waals surface area (Å²) in [5.74, 6) is 1.56. The van der Waals surface area contributed by atoms with E-state index in [1.54, 1.807) is 0 Å². The fourth-order valence-corrected chi connectivity index (χ4v) is 3.30. The standard InChI is InChI=1S/C15H21N/c1-10(11-4-2-5-11)13-9-8-12-6-3-7-14(12)15(13)16/h8-11H,2-7,16H2,1H3/t10-/m0/s1. The zero-order valence-electron chi connectivity index (χ0n) is 10.1. The molecule has 1 heteroatoms. The average molecular weight is 215 g/mol. The number of nitrogen functional groups attached to an aromatic ring is 1. The first-order valence-corrected chi connectivity index (χ1v) is 6.67. The Labute approximate surface area is 98.0 Å². The van der Waals surface area contributed by atoms with Crippen molar-refractivity contribution < 1.29 is 0 Å². The third-order valence-corrected chi connectivity index (χ3v) is 4.71. The van der Waals surface area contributed by atoms with E-state index in [4.69, 9.17) is 5.73 Å². The van der Waals surface area contributed by atoms with Gasteiger partial charge in [0.05, 0.1) is 0 Å². The molecule has 1 fully saturated rings. The second kappa shape index (κ2) is 3.80. The van der Waals surface area contributed by atoms with Crippen molar-refractivity contribution in [1.29, 1.82) is 0 Å². The Morgan fingerprint density at radius 1 is 1.19 bits per heavy atom. The molecule has 86 valence electrons. The molecule has 1 aromatic carbocycles. The van der Waals surface area contributed by atoms with Crippen LogP contribution in [0.4, 0.5) is 5.69 Å². The lowest BCUT2D eigenvalue weighted by Crippen LogP contribution is -2.19.